The average Bonchev–Trinajstić information content (AvgIpc) is 3.35. The van der Waals surface area contributed by atoms with Crippen molar-refractivity contribution < 1.29 is 4.39 Å². The number of hydrogen-bond donors (Lipinski definition) is 1. The summed E-state index contributed by atoms with van der Waals surface area (Å²) in [4.78, 5) is 4.68. The van der Waals surface area contributed by atoms with Gasteiger partial charge in [0.15, 0.2) is 17.2 Å². The second-order valence-corrected chi connectivity index (χ2v) is 8.46. The van der Waals surface area contributed by atoms with Crippen molar-refractivity contribution in [3.05, 3.63) is 69.9 Å². The number of aromatic nitrogens is 5. The van der Waals surface area contributed by atoms with Crippen LogP contribution in [-0.4, -0.2) is 24.8 Å². The SMILES string of the molecule is Cc1nn2c(N)c(-c3nc(-c4ccc(Br)cc4)cs3)nnc2c1-c1ccc(F)cc1. The van der Waals surface area contributed by atoms with Gasteiger partial charge in [-0.15, -0.1) is 21.5 Å². The molecule has 0 radical (unpaired) electrons. The maximum Gasteiger partial charge on any atom is 0.187 e. The summed E-state index contributed by atoms with van der Waals surface area (Å²) < 4.78 is 15.9. The van der Waals surface area contributed by atoms with Gasteiger partial charge in [0.05, 0.1) is 17.0 Å². The van der Waals surface area contributed by atoms with Crippen LogP contribution in [0.4, 0.5) is 10.2 Å². The minimum atomic E-state index is -0.300. The van der Waals surface area contributed by atoms with Crippen molar-refractivity contribution >= 4 is 38.7 Å². The highest BCUT2D eigenvalue weighted by Crippen LogP contribution is 2.33. The summed E-state index contributed by atoms with van der Waals surface area (Å²) in [5, 5.41) is 15.9. The van der Waals surface area contributed by atoms with Crippen LogP contribution in [0.1, 0.15) is 5.69 Å². The number of hydrogen-bond acceptors (Lipinski definition) is 6. The number of aryl methyl sites for hydroxylation is 1. The van der Waals surface area contributed by atoms with Gasteiger partial charge < -0.3 is 5.73 Å². The number of anilines is 1. The molecule has 30 heavy (non-hydrogen) atoms. The number of nitrogen functional groups attached to an aromatic ring is 1. The molecular weight excluding hydrogens is 467 g/mol. The number of rotatable bonds is 3. The topological polar surface area (TPSA) is 82.0 Å². The normalized spacial score (nSPS) is 11.3. The summed E-state index contributed by atoms with van der Waals surface area (Å²) in [6, 6.07) is 14.1. The first-order valence-corrected chi connectivity index (χ1v) is 10.7. The van der Waals surface area contributed by atoms with Crippen LogP contribution in [0.25, 0.3) is 38.7 Å². The Kier molecular flexibility index (Phi) is 4.56. The van der Waals surface area contributed by atoms with E-state index in [1.807, 2.05) is 36.6 Å². The third kappa shape index (κ3) is 3.16. The molecule has 2 N–H and O–H groups in total. The highest BCUT2D eigenvalue weighted by atomic mass is 79.9. The van der Waals surface area contributed by atoms with E-state index in [-0.39, 0.29) is 5.82 Å². The number of nitrogens with two attached hydrogens (primary N) is 1. The molecule has 5 rings (SSSR count). The number of nitrogens with zero attached hydrogens (tertiary/aromatic N) is 5. The first-order chi connectivity index (χ1) is 14.5. The second-order valence-electron chi connectivity index (χ2n) is 6.68. The first kappa shape index (κ1) is 18.8. The monoisotopic (exact) mass is 480 g/mol. The van der Waals surface area contributed by atoms with Crippen molar-refractivity contribution in [1.29, 1.82) is 0 Å². The number of thiazole rings is 1. The van der Waals surface area contributed by atoms with Gasteiger partial charge in [-0.1, -0.05) is 40.2 Å². The van der Waals surface area contributed by atoms with E-state index >= 15 is 0 Å². The third-order valence-corrected chi connectivity index (χ3v) is 6.11. The van der Waals surface area contributed by atoms with Crippen molar-refractivity contribution in [3.8, 4) is 33.1 Å². The maximum atomic E-state index is 13.3. The Bertz CT molecular complexity index is 1380. The molecule has 0 aliphatic rings. The van der Waals surface area contributed by atoms with Gasteiger partial charge in [-0.05, 0) is 36.8 Å². The Morgan fingerprint density at radius 1 is 1.00 bits per heavy atom. The van der Waals surface area contributed by atoms with Crippen LogP contribution in [-0.2, 0) is 0 Å². The summed E-state index contributed by atoms with van der Waals surface area (Å²) >= 11 is 4.88. The van der Waals surface area contributed by atoms with Crippen LogP contribution in [0, 0.1) is 12.7 Å². The Morgan fingerprint density at radius 3 is 2.43 bits per heavy atom. The van der Waals surface area contributed by atoms with Crippen LogP contribution in [0.5, 0.6) is 0 Å². The van der Waals surface area contributed by atoms with Crippen LogP contribution in [0.2, 0.25) is 0 Å². The molecule has 3 heterocycles. The molecular formula is C21H14BrFN6S. The van der Waals surface area contributed by atoms with E-state index in [0.717, 1.165) is 32.6 Å². The van der Waals surface area contributed by atoms with Gasteiger partial charge in [0.2, 0.25) is 0 Å². The van der Waals surface area contributed by atoms with Gasteiger partial charge in [-0.25, -0.2) is 9.37 Å². The van der Waals surface area contributed by atoms with Crippen molar-refractivity contribution in [2.24, 2.45) is 0 Å². The molecule has 6 nitrogen and oxygen atoms in total. The van der Waals surface area contributed by atoms with Gasteiger partial charge in [-0.3, -0.25) is 0 Å². The third-order valence-electron chi connectivity index (χ3n) is 4.73. The lowest BCUT2D eigenvalue weighted by atomic mass is 10.1. The molecule has 2 aromatic carbocycles. The minimum Gasteiger partial charge on any atom is -0.382 e. The van der Waals surface area contributed by atoms with Gasteiger partial charge >= 0.3 is 0 Å². The molecule has 0 amide bonds. The van der Waals surface area contributed by atoms with Gasteiger partial charge in [0.1, 0.15) is 10.8 Å². The van der Waals surface area contributed by atoms with E-state index in [1.165, 1.54) is 23.5 Å². The molecule has 0 bridgehead atoms. The fourth-order valence-electron chi connectivity index (χ4n) is 3.27. The van der Waals surface area contributed by atoms with E-state index in [9.17, 15) is 4.39 Å². The zero-order valence-electron chi connectivity index (χ0n) is 15.7. The quantitative estimate of drug-likeness (QED) is 0.375. The van der Waals surface area contributed by atoms with Crippen LogP contribution in [0.3, 0.4) is 0 Å². The average molecular weight is 481 g/mol. The molecule has 0 aliphatic heterocycles. The Morgan fingerprint density at radius 2 is 1.70 bits per heavy atom. The summed E-state index contributed by atoms with van der Waals surface area (Å²) in [6.07, 6.45) is 0. The fraction of sp³-hybridized carbons (Fsp3) is 0.0476. The van der Waals surface area contributed by atoms with Gasteiger partial charge in [0.25, 0.3) is 0 Å². The van der Waals surface area contributed by atoms with E-state index < -0.39 is 0 Å². The number of fused-ring (bicyclic) bond motifs is 1. The molecule has 0 aliphatic carbocycles. The van der Waals surface area contributed by atoms with E-state index in [1.54, 1.807) is 16.6 Å². The Labute approximate surface area is 183 Å². The molecule has 9 heteroatoms. The van der Waals surface area contributed by atoms with Crippen molar-refractivity contribution in [2.45, 2.75) is 6.92 Å². The largest absolute Gasteiger partial charge is 0.382 e. The molecule has 148 valence electrons. The summed E-state index contributed by atoms with van der Waals surface area (Å²) in [7, 11) is 0. The molecule has 0 spiro atoms. The summed E-state index contributed by atoms with van der Waals surface area (Å²) in [5.74, 6) is 0.0549. The highest BCUT2D eigenvalue weighted by molar-refractivity contribution is 9.10. The molecule has 0 saturated carbocycles. The first-order valence-electron chi connectivity index (χ1n) is 9.00. The molecule has 5 aromatic rings. The van der Waals surface area contributed by atoms with Crippen LogP contribution < -0.4 is 5.73 Å². The standard InChI is InChI=1S/C21H14BrFN6S/c1-11-17(13-4-8-15(23)9-5-13)20-27-26-18(19(24)29(20)28-11)21-25-16(10-30-21)12-2-6-14(22)7-3-12/h2-10H,24H2,1H3. The smallest absolute Gasteiger partial charge is 0.187 e. The molecule has 0 atom stereocenters. The van der Waals surface area contributed by atoms with Gasteiger partial charge in [-0.2, -0.15) is 9.61 Å². The second kappa shape index (κ2) is 7.26. The maximum absolute atomic E-state index is 13.3. The lowest BCUT2D eigenvalue weighted by Crippen LogP contribution is -2.05. The van der Waals surface area contributed by atoms with Crippen LogP contribution in [0.15, 0.2) is 58.4 Å². The Hall–Kier alpha value is -3.17. The Balaban J connectivity index is 1.59. The van der Waals surface area contributed by atoms with Crippen molar-refractivity contribution in [2.75, 3.05) is 5.73 Å². The number of halogens is 2. The lowest BCUT2D eigenvalue weighted by molar-refractivity contribution is 0.628. The van der Waals surface area contributed by atoms with E-state index in [2.05, 4.69) is 36.2 Å². The zero-order valence-corrected chi connectivity index (χ0v) is 18.1. The minimum absolute atomic E-state index is 0.300. The predicted octanol–water partition coefficient (Wildman–Crippen LogP) is 5.37. The summed E-state index contributed by atoms with van der Waals surface area (Å²) in [5.41, 5.74) is 11.5. The number of benzene rings is 2. The lowest BCUT2D eigenvalue weighted by Gasteiger charge is -2.04. The van der Waals surface area contributed by atoms with E-state index in [4.69, 9.17) is 5.73 Å². The zero-order chi connectivity index (χ0) is 20.8. The molecule has 0 unspecified atom stereocenters. The van der Waals surface area contributed by atoms with Gasteiger partial charge in [0, 0.05) is 15.4 Å². The fourth-order valence-corrected chi connectivity index (χ4v) is 4.35. The predicted molar refractivity (Wildman–Crippen MR) is 120 cm³/mol. The molecule has 0 fully saturated rings. The summed E-state index contributed by atoms with van der Waals surface area (Å²) in [6.45, 7) is 1.86. The highest BCUT2D eigenvalue weighted by Gasteiger charge is 2.20. The molecule has 0 saturated heterocycles. The van der Waals surface area contributed by atoms with Crippen molar-refractivity contribution in [1.82, 2.24) is 24.8 Å². The van der Waals surface area contributed by atoms with E-state index in [0.29, 0.717) is 22.2 Å². The van der Waals surface area contributed by atoms with Crippen LogP contribution >= 0.6 is 27.3 Å². The molecule has 3 aromatic heterocycles. The van der Waals surface area contributed by atoms with Crippen molar-refractivity contribution in [3.63, 3.8) is 0 Å².